The van der Waals surface area contributed by atoms with Crippen molar-refractivity contribution in [3.63, 3.8) is 0 Å². The standard InChI is InChI=1S/C18H18ClNS.C6H8ClN7O.2ClH/c1-20(2)11-5-7-14-15-6-3-4-8-17(15)21-18-10-9-13(19)12-16(14)18;7-2-4(9)13-3(8)1(12-2)5(15)14-6(10)11;;/h3-4,6-10,12H,5,11H2,1-2H3;(H4,8,9,13)(H4,10,11,14,15);2*1H. The molecule has 2 aromatic carbocycles. The Balaban J connectivity index is 0.000000381. The van der Waals surface area contributed by atoms with Crippen molar-refractivity contribution in [2.24, 2.45) is 16.5 Å². The van der Waals surface area contributed by atoms with Crippen LogP contribution in [0.4, 0.5) is 11.6 Å². The number of guanidine groups is 1. The number of aromatic nitrogens is 2. The molecular weight excluding hydrogens is 590 g/mol. The Labute approximate surface area is 247 Å². The molecule has 1 aliphatic rings. The zero-order valence-corrected chi connectivity index (χ0v) is 24.5. The predicted octanol–water partition coefficient (Wildman–Crippen LogP) is 4.74. The smallest absolute Gasteiger partial charge is 0.302 e. The number of nitrogens with zero attached hydrogens (tertiary/aromatic N) is 4. The minimum atomic E-state index is -0.832. The fourth-order valence-corrected chi connectivity index (χ4v) is 4.68. The number of hydrogen-bond acceptors (Lipinski definition) is 7. The molecule has 1 aliphatic heterocycles. The number of hydrogen-bond donors (Lipinski definition) is 4. The average molecular weight is 618 g/mol. The number of nitrogen functional groups attached to an aromatic ring is 2. The van der Waals surface area contributed by atoms with Crippen molar-refractivity contribution in [3.8, 4) is 0 Å². The van der Waals surface area contributed by atoms with Crippen molar-refractivity contribution in [1.29, 1.82) is 0 Å². The Kier molecular flexibility index (Phi) is 13.2. The zero-order valence-electron chi connectivity index (χ0n) is 20.5. The molecule has 0 bridgehead atoms. The van der Waals surface area contributed by atoms with Crippen LogP contribution in [0.15, 0.2) is 63.3 Å². The van der Waals surface area contributed by atoms with Crippen LogP contribution in [-0.2, 0) is 0 Å². The van der Waals surface area contributed by atoms with E-state index in [2.05, 4.69) is 76.4 Å². The molecule has 0 atom stereocenters. The van der Waals surface area contributed by atoms with Gasteiger partial charge in [-0.1, -0.05) is 59.2 Å². The fourth-order valence-electron chi connectivity index (χ4n) is 3.30. The third kappa shape index (κ3) is 8.65. The van der Waals surface area contributed by atoms with Crippen LogP contribution in [0.25, 0.3) is 5.57 Å². The molecule has 14 heteroatoms. The molecule has 38 heavy (non-hydrogen) atoms. The van der Waals surface area contributed by atoms with E-state index in [1.54, 1.807) is 0 Å². The van der Waals surface area contributed by atoms with Crippen LogP contribution in [0.5, 0.6) is 0 Å². The number of anilines is 2. The summed E-state index contributed by atoms with van der Waals surface area (Å²) in [6, 6.07) is 14.8. The van der Waals surface area contributed by atoms with Gasteiger partial charge in [0.25, 0.3) is 0 Å². The fraction of sp³-hybridized carbons (Fsp3) is 0.167. The summed E-state index contributed by atoms with van der Waals surface area (Å²) in [4.78, 5) is 26.6. The summed E-state index contributed by atoms with van der Waals surface area (Å²) in [6.45, 7) is 1.05. The van der Waals surface area contributed by atoms with Gasteiger partial charge in [0.15, 0.2) is 28.4 Å². The molecule has 4 rings (SSSR count). The molecular formula is C24H28Cl4N8OS. The van der Waals surface area contributed by atoms with Crippen molar-refractivity contribution >= 4 is 88.9 Å². The highest BCUT2D eigenvalue weighted by Gasteiger charge is 2.20. The van der Waals surface area contributed by atoms with Crippen LogP contribution in [-0.4, -0.2) is 47.4 Å². The van der Waals surface area contributed by atoms with Crippen LogP contribution in [0.3, 0.4) is 0 Å². The van der Waals surface area contributed by atoms with Gasteiger partial charge >= 0.3 is 5.91 Å². The van der Waals surface area contributed by atoms with Crippen LogP contribution >= 0.6 is 59.8 Å². The van der Waals surface area contributed by atoms with E-state index in [1.807, 2.05) is 17.8 Å². The van der Waals surface area contributed by atoms with Gasteiger partial charge in [0.05, 0.1) is 0 Å². The third-order valence-electron chi connectivity index (χ3n) is 4.89. The van der Waals surface area contributed by atoms with E-state index in [9.17, 15) is 4.79 Å². The largest absolute Gasteiger partial charge is 0.382 e. The van der Waals surface area contributed by atoms with Crippen LogP contribution < -0.4 is 22.9 Å². The Morgan fingerprint density at radius 3 is 2.32 bits per heavy atom. The van der Waals surface area contributed by atoms with Gasteiger partial charge in [0, 0.05) is 21.4 Å². The summed E-state index contributed by atoms with van der Waals surface area (Å²) < 4.78 is 0. The molecule has 8 N–H and O–H groups in total. The Morgan fingerprint density at radius 2 is 1.66 bits per heavy atom. The minimum Gasteiger partial charge on any atom is -0.382 e. The minimum absolute atomic E-state index is 0. The predicted molar refractivity (Wildman–Crippen MR) is 163 cm³/mol. The highest BCUT2D eigenvalue weighted by atomic mass is 35.5. The van der Waals surface area contributed by atoms with E-state index in [-0.39, 0.29) is 47.3 Å². The second-order valence-electron chi connectivity index (χ2n) is 7.92. The quantitative estimate of drug-likeness (QED) is 0.187. The molecule has 2 heterocycles. The number of benzene rings is 2. The van der Waals surface area contributed by atoms with Gasteiger partial charge in [0.2, 0.25) is 0 Å². The second kappa shape index (κ2) is 15.0. The average Bonchev–Trinajstić information content (AvgIpc) is 2.81. The summed E-state index contributed by atoms with van der Waals surface area (Å²) in [5, 5.41) is 0.658. The normalized spacial score (nSPS) is 12.2. The van der Waals surface area contributed by atoms with E-state index >= 15 is 0 Å². The number of amides is 1. The van der Waals surface area contributed by atoms with Crippen LogP contribution in [0, 0.1) is 0 Å². The monoisotopic (exact) mass is 616 g/mol. The zero-order chi connectivity index (χ0) is 26.4. The summed E-state index contributed by atoms with van der Waals surface area (Å²) >= 11 is 13.6. The van der Waals surface area contributed by atoms with Gasteiger partial charge in [0.1, 0.15) is 0 Å². The molecule has 1 amide bonds. The van der Waals surface area contributed by atoms with Crippen molar-refractivity contribution < 1.29 is 4.79 Å². The van der Waals surface area contributed by atoms with Gasteiger partial charge in [-0.2, -0.15) is 4.99 Å². The number of rotatable bonds is 4. The first-order valence-corrected chi connectivity index (χ1v) is 12.3. The highest BCUT2D eigenvalue weighted by molar-refractivity contribution is 7.99. The van der Waals surface area contributed by atoms with Gasteiger partial charge in [-0.05, 0) is 61.5 Å². The second-order valence-corrected chi connectivity index (χ2v) is 9.80. The highest BCUT2D eigenvalue weighted by Crippen LogP contribution is 2.46. The number of carbonyl (C=O) groups excluding carboxylic acids is 1. The molecule has 0 saturated heterocycles. The third-order valence-corrected chi connectivity index (χ3v) is 6.56. The maximum Gasteiger partial charge on any atom is 0.302 e. The maximum absolute atomic E-state index is 11.3. The SMILES string of the molecule is CN(C)CCC=C1c2ccccc2Sc2ccc(Cl)cc21.Cl.Cl.NC(N)=NC(=O)c1nc(Cl)c(N)nc1N. The lowest BCUT2D eigenvalue weighted by atomic mass is 9.96. The summed E-state index contributed by atoms with van der Waals surface area (Å²) in [5.74, 6) is -1.50. The summed E-state index contributed by atoms with van der Waals surface area (Å²) in [7, 11) is 4.21. The van der Waals surface area contributed by atoms with Gasteiger partial charge in [-0.15, -0.1) is 24.8 Å². The van der Waals surface area contributed by atoms with E-state index in [0.717, 1.165) is 18.0 Å². The Bertz CT molecular complexity index is 1350. The van der Waals surface area contributed by atoms with Gasteiger partial charge < -0.3 is 27.8 Å². The van der Waals surface area contributed by atoms with Crippen molar-refractivity contribution in [1.82, 2.24) is 14.9 Å². The van der Waals surface area contributed by atoms with Crippen molar-refractivity contribution in [3.05, 3.63) is 75.5 Å². The first-order valence-electron chi connectivity index (χ1n) is 10.7. The first kappa shape index (κ1) is 33.3. The molecule has 1 aromatic heterocycles. The molecule has 3 aromatic rings. The molecule has 0 saturated carbocycles. The molecule has 0 unspecified atom stereocenters. The molecule has 204 valence electrons. The van der Waals surface area contributed by atoms with Crippen LogP contribution in [0.2, 0.25) is 10.2 Å². The number of fused-ring (bicyclic) bond motifs is 2. The number of carbonyl (C=O) groups is 1. The van der Waals surface area contributed by atoms with Gasteiger partial charge in [-0.3, -0.25) is 4.79 Å². The number of nitrogens with two attached hydrogens (primary N) is 4. The van der Waals surface area contributed by atoms with Gasteiger partial charge in [-0.25, -0.2) is 9.97 Å². The first-order chi connectivity index (χ1) is 17.1. The maximum atomic E-state index is 11.3. The lowest BCUT2D eigenvalue weighted by Crippen LogP contribution is -2.24. The lowest BCUT2D eigenvalue weighted by molar-refractivity contribution is 0.0998. The van der Waals surface area contributed by atoms with E-state index in [0.29, 0.717) is 0 Å². The number of aliphatic imine (C=N–C) groups is 1. The molecule has 0 spiro atoms. The van der Waals surface area contributed by atoms with E-state index < -0.39 is 11.9 Å². The summed E-state index contributed by atoms with van der Waals surface area (Å²) in [5.41, 5.74) is 24.3. The van der Waals surface area contributed by atoms with E-state index in [4.69, 9.17) is 46.1 Å². The topological polar surface area (TPSA) is 163 Å². The Morgan fingerprint density at radius 1 is 1.00 bits per heavy atom. The lowest BCUT2D eigenvalue weighted by Gasteiger charge is -2.22. The van der Waals surface area contributed by atoms with Crippen molar-refractivity contribution in [2.75, 3.05) is 32.1 Å². The molecule has 9 nitrogen and oxygen atoms in total. The molecule has 0 fully saturated rings. The molecule has 0 radical (unpaired) electrons. The Hall–Kier alpha value is -2.73. The summed E-state index contributed by atoms with van der Waals surface area (Å²) in [6.07, 6.45) is 3.38. The van der Waals surface area contributed by atoms with Crippen molar-refractivity contribution in [2.45, 2.75) is 16.2 Å². The van der Waals surface area contributed by atoms with E-state index in [1.165, 1.54) is 26.5 Å². The number of halogens is 4. The van der Waals surface area contributed by atoms with Crippen LogP contribution in [0.1, 0.15) is 28.0 Å². The molecule has 0 aliphatic carbocycles.